The molecule has 0 aliphatic carbocycles. The van der Waals surface area contributed by atoms with Crippen molar-refractivity contribution in [3.05, 3.63) is 0 Å². The van der Waals surface area contributed by atoms with E-state index in [-0.39, 0.29) is 5.53 Å². The van der Waals surface area contributed by atoms with Gasteiger partial charge in [0.05, 0.1) is 0 Å². The summed E-state index contributed by atoms with van der Waals surface area (Å²) in [6, 6.07) is 1.11. The van der Waals surface area contributed by atoms with E-state index in [1.807, 2.05) is 0 Å². The molecule has 13 heavy (non-hydrogen) atoms. The Labute approximate surface area is 81.9 Å². The van der Waals surface area contributed by atoms with Crippen LogP contribution in [0, 0.1) is 0 Å². The molecule has 2 nitrogen and oxygen atoms in total. The Kier molecular flexibility index (Phi) is 3.53. The topological polar surface area (TPSA) is 43.1 Å². The van der Waals surface area contributed by atoms with Crippen LogP contribution in [0.4, 0.5) is 4.79 Å². The molecule has 1 amide bonds. The molecule has 0 aromatic carbocycles. The van der Waals surface area contributed by atoms with Gasteiger partial charge in [-0.15, -0.1) is 0 Å². The number of carbonyl (C=O) groups excluding carboxylic acids is 1. The monoisotopic (exact) mass is 199 g/mol. The largest absolute Gasteiger partial charge is 0.374 e. The Bertz CT molecular complexity index is 195. The van der Waals surface area contributed by atoms with E-state index in [9.17, 15) is 4.79 Å². The van der Waals surface area contributed by atoms with Crippen LogP contribution >= 0.6 is 0 Å². The predicted molar refractivity (Wildman–Crippen MR) is 58.5 cm³/mol. The molecule has 2 atom stereocenters. The maximum absolute atomic E-state index is 11.4. The zero-order chi connectivity index (χ0) is 9.90. The van der Waals surface area contributed by atoms with E-state index < -0.39 is 8.07 Å². The third-order valence-corrected chi connectivity index (χ3v) is 8.72. The van der Waals surface area contributed by atoms with Crippen LogP contribution in [0.2, 0.25) is 18.1 Å². The van der Waals surface area contributed by atoms with Crippen LogP contribution in [0.5, 0.6) is 0 Å². The standard InChI is InChI=1S/C10H21NOSi/c1-9-7-5-3-4-6-8-13(9,2)10(11)12/h9H,3-8H2,1-2H3,(H2,11,12). The molecule has 1 rings (SSSR count). The summed E-state index contributed by atoms with van der Waals surface area (Å²) in [6.45, 7) is 4.40. The van der Waals surface area contributed by atoms with Gasteiger partial charge < -0.3 is 5.73 Å². The maximum atomic E-state index is 11.4. The van der Waals surface area contributed by atoms with E-state index >= 15 is 0 Å². The zero-order valence-electron chi connectivity index (χ0n) is 8.81. The van der Waals surface area contributed by atoms with Crippen molar-refractivity contribution in [2.24, 2.45) is 5.73 Å². The second-order valence-electron chi connectivity index (χ2n) is 4.64. The second-order valence-corrected chi connectivity index (χ2v) is 9.45. The molecule has 1 aliphatic rings. The fourth-order valence-corrected chi connectivity index (χ4v) is 5.28. The number of carbonyl (C=O) groups is 1. The highest BCUT2D eigenvalue weighted by molar-refractivity contribution is 7.05. The third-order valence-electron chi connectivity index (χ3n) is 3.73. The molecule has 1 fully saturated rings. The minimum absolute atomic E-state index is 0.0295. The molecule has 0 radical (unpaired) electrons. The number of nitrogens with two attached hydrogens (primary N) is 1. The summed E-state index contributed by atoms with van der Waals surface area (Å²) in [5, 5.41) is 0. The van der Waals surface area contributed by atoms with E-state index in [1.165, 1.54) is 32.1 Å². The van der Waals surface area contributed by atoms with Gasteiger partial charge in [0, 0.05) is 0 Å². The Morgan fingerprint density at radius 2 is 1.92 bits per heavy atom. The fourth-order valence-electron chi connectivity index (χ4n) is 2.23. The van der Waals surface area contributed by atoms with Gasteiger partial charge in [0.25, 0.3) is 0 Å². The molecule has 0 aromatic heterocycles. The highest BCUT2D eigenvalue weighted by Crippen LogP contribution is 2.34. The van der Waals surface area contributed by atoms with Crippen LogP contribution in [-0.4, -0.2) is 13.6 Å². The summed E-state index contributed by atoms with van der Waals surface area (Å²) in [5.74, 6) is 0. The first-order valence-electron chi connectivity index (χ1n) is 5.37. The van der Waals surface area contributed by atoms with Crippen molar-refractivity contribution in [3.8, 4) is 0 Å². The molecule has 0 saturated carbocycles. The molecule has 3 heteroatoms. The van der Waals surface area contributed by atoms with Crippen molar-refractivity contribution in [1.29, 1.82) is 0 Å². The van der Waals surface area contributed by atoms with Gasteiger partial charge in [-0.25, -0.2) is 0 Å². The van der Waals surface area contributed by atoms with Gasteiger partial charge in [0.2, 0.25) is 0 Å². The lowest BCUT2D eigenvalue weighted by atomic mass is 10.1. The highest BCUT2D eigenvalue weighted by Gasteiger charge is 2.39. The van der Waals surface area contributed by atoms with Gasteiger partial charge in [-0.05, 0) is 11.6 Å². The SMILES string of the molecule is CC1CCCCCC[Si]1(C)C(N)=O. The summed E-state index contributed by atoms with van der Waals surface area (Å²) < 4.78 is 0. The molecule has 0 aromatic rings. The zero-order valence-corrected chi connectivity index (χ0v) is 9.81. The average Bonchev–Trinajstić information content (AvgIpc) is 2.07. The van der Waals surface area contributed by atoms with Crippen LogP contribution in [0.25, 0.3) is 0 Å². The van der Waals surface area contributed by atoms with E-state index in [1.54, 1.807) is 0 Å². The lowest BCUT2D eigenvalue weighted by Crippen LogP contribution is -2.48. The number of primary amides is 1. The summed E-state index contributed by atoms with van der Waals surface area (Å²) in [5.41, 5.74) is 6.15. The smallest absolute Gasteiger partial charge is 0.189 e. The van der Waals surface area contributed by atoms with E-state index in [2.05, 4.69) is 13.5 Å². The van der Waals surface area contributed by atoms with Gasteiger partial charge >= 0.3 is 0 Å². The number of hydrogen-bond acceptors (Lipinski definition) is 1. The summed E-state index contributed by atoms with van der Waals surface area (Å²) in [6.07, 6.45) is 6.36. The molecule has 1 saturated heterocycles. The minimum Gasteiger partial charge on any atom is -0.374 e. The number of amides is 1. The van der Waals surface area contributed by atoms with Crippen molar-refractivity contribution in [3.63, 3.8) is 0 Å². The number of hydrogen-bond donors (Lipinski definition) is 1. The highest BCUT2D eigenvalue weighted by atomic mass is 28.3. The number of rotatable bonds is 1. The quantitative estimate of drug-likeness (QED) is 0.648. The van der Waals surface area contributed by atoms with Gasteiger partial charge in [-0.1, -0.05) is 45.6 Å². The lowest BCUT2D eigenvalue weighted by molar-refractivity contribution is 0.263. The van der Waals surface area contributed by atoms with Crippen molar-refractivity contribution in [1.82, 2.24) is 0 Å². The summed E-state index contributed by atoms with van der Waals surface area (Å²) >= 11 is 0. The maximum Gasteiger partial charge on any atom is 0.189 e. The Morgan fingerprint density at radius 3 is 2.54 bits per heavy atom. The van der Waals surface area contributed by atoms with E-state index in [0.29, 0.717) is 5.54 Å². The van der Waals surface area contributed by atoms with Crippen molar-refractivity contribution < 1.29 is 4.79 Å². The Hall–Kier alpha value is -0.313. The van der Waals surface area contributed by atoms with Crippen LogP contribution in [-0.2, 0) is 0 Å². The fraction of sp³-hybridized carbons (Fsp3) is 0.900. The van der Waals surface area contributed by atoms with Crippen LogP contribution in [0.1, 0.15) is 39.0 Å². The molecule has 1 heterocycles. The first-order valence-corrected chi connectivity index (χ1v) is 8.16. The van der Waals surface area contributed by atoms with E-state index in [0.717, 1.165) is 6.04 Å². The van der Waals surface area contributed by atoms with Gasteiger partial charge in [-0.2, -0.15) is 0 Å². The average molecular weight is 199 g/mol. The molecule has 2 unspecified atom stereocenters. The lowest BCUT2D eigenvalue weighted by Gasteiger charge is -2.32. The molecular formula is C10H21NOSi. The molecular weight excluding hydrogens is 178 g/mol. The Morgan fingerprint density at radius 1 is 1.31 bits per heavy atom. The Balaban J connectivity index is 2.71. The van der Waals surface area contributed by atoms with Crippen LogP contribution in [0.3, 0.4) is 0 Å². The van der Waals surface area contributed by atoms with Crippen molar-refractivity contribution >= 4 is 13.6 Å². The minimum atomic E-state index is -1.76. The van der Waals surface area contributed by atoms with Gasteiger partial charge in [0.15, 0.2) is 13.6 Å². The van der Waals surface area contributed by atoms with Crippen molar-refractivity contribution in [2.45, 2.75) is 57.2 Å². The second kappa shape index (κ2) is 4.27. The van der Waals surface area contributed by atoms with Crippen LogP contribution in [0.15, 0.2) is 0 Å². The van der Waals surface area contributed by atoms with Crippen LogP contribution < -0.4 is 5.73 Å². The first kappa shape index (κ1) is 10.8. The normalized spacial score (nSPS) is 36.3. The predicted octanol–water partition coefficient (Wildman–Crippen LogP) is 3.08. The molecule has 1 aliphatic heterocycles. The van der Waals surface area contributed by atoms with Crippen molar-refractivity contribution in [2.75, 3.05) is 0 Å². The van der Waals surface area contributed by atoms with Gasteiger partial charge in [0.1, 0.15) is 0 Å². The summed E-state index contributed by atoms with van der Waals surface area (Å²) in [4.78, 5) is 11.4. The first-order chi connectivity index (χ1) is 6.07. The third kappa shape index (κ3) is 2.33. The summed E-state index contributed by atoms with van der Waals surface area (Å²) in [7, 11) is -1.76. The molecule has 76 valence electrons. The van der Waals surface area contributed by atoms with Gasteiger partial charge in [-0.3, -0.25) is 4.79 Å². The van der Waals surface area contributed by atoms with E-state index in [4.69, 9.17) is 5.73 Å². The molecule has 0 bridgehead atoms. The molecule has 0 spiro atoms. The molecule has 2 N–H and O–H groups in total.